The molecule has 24 heavy (non-hydrogen) atoms. The summed E-state index contributed by atoms with van der Waals surface area (Å²) in [6, 6.07) is 2.18. The Morgan fingerprint density at radius 3 is 2.62 bits per heavy atom. The number of urea groups is 1. The number of imide groups is 1. The second kappa shape index (κ2) is 9.41. The Labute approximate surface area is 143 Å². The predicted molar refractivity (Wildman–Crippen MR) is 86.9 cm³/mol. The van der Waals surface area contributed by atoms with Gasteiger partial charge in [-0.2, -0.15) is 0 Å². The van der Waals surface area contributed by atoms with Crippen molar-refractivity contribution < 1.29 is 28.6 Å². The number of halogens is 1. The summed E-state index contributed by atoms with van der Waals surface area (Å²) >= 11 is 6.11. The molecule has 8 nitrogen and oxygen atoms in total. The van der Waals surface area contributed by atoms with E-state index in [2.05, 4.69) is 4.74 Å². The Morgan fingerprint density at radius 2 is 2.04 bits per heavy atom. The lowest BCUT2D eigenvalue weighted by Gasteiger charge is -2.11. The van der Waals surface area contributed by atoms with Crippen LogP contribution in [0.2, 0.25) is 5.02 Å². The van der Waals surface area contributed by atoms with Crippen molar-refractivity contribution in [2.45, 2.75) is 6.92 Å². The molecule has 1 rings (SSSR count). The molecule has 0 bridgehead atoms. The number of benzene rings is 1. The van der Waals surface area contributed by atoms with E-state index >= 15 is 0 Å². The molecule has 0 spiro atoms. The lowest BCUT2D eigenvalue weighted by molar-refractivity contribution is -0.143. The highest BCUT2D eigenvalue weighted by atomic mass is 35.5. The van der Waals surface area contributed by atoms with E-state index in [1.54, 1.807) is 17.4 Å². The van der Waals surface area contributed by atoms with Crippen LogP contribution in [0.3, 0.4) is 0 Å². The van der Waals surface area contributed by atoms with Gasteiger partial charge in [-0.1, -0.05) is 11.6 Å². The van der Waals surface area contributed by atoms with E-state index in [4.69, 9.17) is 26.8 Å². The van der Waals surface area contributed by atoms with Crippen LogP contribution in [0.1, 0.15) is 12.5 Å². The van der Waals surface area contributed by atoms with Crippen LogP contribution in [0.25, 0.3) is 6.08 Å². The zero-order chi connectivity index (χ0) is 18.1. The molecule has 1 aromatic rings. The number of carbonyl (C=O) groups is 3. The molecule has 0 saturated carbocycles. The molecule has 0 aliphatic heterocycles. The van der Waals surface area contributed by atoms with E-state index in [1.807, 2.05) is 6.92 Å². The Bertz CT molecular complexity index is 660. The number of primary amides is 1. The number of nitrogens with two attached hydrogens (primary N) is 1. The maximum absolute atomic E-state index is 11.5. The van der Waals surface area contributed by atoms with Gasteiger partial charge in [0, 0.05) is 6.08 Å². The molecule has 0 aliphatic rings. The molecule has 0 saturated heterocycles. The number of rotatable bonds is 7. The fourth-order valence-corrected chi connectivity index (χ4v) is 1.92. The summed E-state index contributed by atoms with van der Waals surface area (Å²) in [5, 5.41) is 2.09. The van der Waals surface area contributed by atoms with Gasteiger partial charge in [0.1, 0.15) is 0 Å². The molecule has 0 fully saturated rings. The van der Waals surface area contributed by atoms with Gasteiger partial charge in [0.15, 0.2) is 18.1 Å². The average Bonchev–Trinajstić information content (AvgIpc) is 2.52. The van der Waals surface area contributed by atoms with E-state index in [0.29, 0.717) is 28.7 Å². The van der Waals surface area contributed by atoms with Crippen LogP contribution in [0, 0.1) is 0 Å². The molecular formula is C15H17ClN2O6. The van der Waals surface area contributed by atoms with Crippen molar-refractivity contribution in [1.29, 1.82) is 0 Å². The zero-order valence-corrected chi connectivity index (χ0v) is 13.9. The van der Waals surface area contributed by atoms with Gasteiger partial charge >= 0.3 is 12.0 Å². The van der Waals surface area contributed by atoms with Crippen LogP contribution in [0.5, 0.6) is 11.5 Å². The highest BCUT2D eigenvalue weighted by molar-refractivity contribution is 6.32. The number of carbonyl (C=O) groups excluding carboxylic acids is 3. The smallest absolute Gasteiger partial charge is 0.331 e. The zero-order valence-electron chi connectivity index (χ0n) is 13.1. The van der Waals surface area contributed by atoms with Crippen molar-refractivity contribution in [3.8, 4) is 11.5 Å². The maximum atomic E-state index is 11.5. The Balaban J connectivity index is 2.72. The first kappa shape index (κ1) is 19.3. The summed E-state index contributed by atoms with van der Waals surface area (Å²) in [7, 11) is 1.47. The third kappa shape index (κ3) is 6.17. The van der Waals surface area contributed by atoms with Crippen LogP contribution in [0.4, 0.5) is 4.79 Å². The number of hydrogen-bond donors (Lipinski definition) is 2. The number of nitrogens with one attached hydrogen (secondary N) is 1. The van der Waals surface area contributed by atoms with Crippen molar-refractivity contribution in [1.82, 2.24) is 5.32 Å². The lowest BCUT2D eigenvalue weighted by atomic mass is 10.2. The van der Waals surface area contributed by atoms with Crippen molar-refractivity contribution in [2.75, 3.05) is 20.3 Å². The number of esters is 1. The number of methoxy groups -OCH3 is 1. The van der Waals surface area contributed by atoms with Gasteiger partial charge in [-0.05, 0) is 30.7 Å². The minimum Gasteiger partial charge on any atom is -0.493 e. The number of amides is 3. The first-order chi connectivity index (χ1) is 11.4. The summed E-state index contributed by atoms with van der Waals surface area (Å²) in [6.07, 6.45) is 2.53. The first-order valence-electron chi connectivity index (χ1n) is 6.81. The molecule has 0 aliphatic carbocycles. The Morgan fingerprint density at radius 1 is 1.33 bits per heavy atom. The normalized spacial score (nSPS) is 10.3. The molecule has 0 unspecified atom stereocenters. The van der Waals surface area contributed by atoms with Crippen LogP contribution in [0.15, 0.2) is 18.2 Å². The van der Waals surface area contributed by atoms with E-state index in [-0.39, 0.29) is 0 Å². The highest BCUT2D eigenvalue weighted by Gasteiger charge is 2.11. The second-order valence-electron chi connectivity index (χ2n) is 4.32. The standard InChI is InChI=1S/C15H17ClN2O6/c1-3-23-14-10(16)6-9(7-11(14)22-2)4-5-13(20)24-8-12(19)18-15(17)21/h4-7H,3,8H2,1-2H3,(H3,17,18,19,21)/b5-4+. The fourth-order valence-electron chi connectivity index (χ4n) is 1.64. The van der Waals surface area contributed by atoms with Crippen molar-refractivity contribution >= 4 is 35.6 Å². The van der Waals surface area contributed by atoms with Gasteiger partial charge < -0.3 is 19.9 Å². The minimum atomic E-state index is -1.03. The molecular weight excluding hydrogens is 340 g/mol. The molecule has 3 amide bonds. The monoisotopic (exact) mass is 356 g/mol. The Hall–Kier alpha value is -2.74. The molecule has 9 heteroatoms. The van der Waals surface area contributed by atoms with Crippen LogP contribution >= 0.6 is 11.6 Å². The lowest BCUT2D eigenvalue weighted by Crippen LogP contribution is -2.37. The number of ether oxygens (including phenoxy) is 3. The molecule has 1 aromatic carbocycles. The topological polar surface area (TPSA) is 117 Å². The summed E-state index contributed by atoms with van der Waals surface area (Å²) < 4.78 is 15.2. The molecule has 0 atom stereocenters. The fraction of sp³-hybridized carbons (Fsp3) is 0.267. The molecule has 3 N–H and O–H groups in total. The van der Waals surface area contributed by atoms with Gasteiger partial charge in [-0.3, -0.25) is 10.1 Å². The van der Waals surface area contributed by atoms with Crippen molar-refractivity contribution in [3.63, 3.8) is 0 Å². The molecule has 130 valence electrons. The van der Waals surface area contributed by atoms with E-state index in [9.17, 15) is 14.4 Å². The van der Waals surface area contributed by atoms with E-state index in [1.165, 1.54) is 13.2 Å². The van der Waals surface area contributed by atoms with Gasteiger partial charge in [0.05, 0.1) is 18.7 Å². The second-order valence-corrected chi connectivity index (χ2v) is 4.73. The highest BCUT2D eigenvalue weighted by Crippen LogP contribution is 2.36. The third-order valence-electron chi connectivity index (χ3n) is 2.56. The van der Waals surface area contributed by atoms with Gasteiger partial charge in [0.2, 0.25) is 0 Å². The van der Waals surface area contributed by atoms with Crippen LogP contribution in [-0.2, 0) is 14.3 Å². The van der Waals surface area contributed by atoms with Gasteiger partial charge in [0.25, 0.3) is 5.91 Å². The molecule has 0 radical (unpaired) electrons. The summed E-state index contributed by atoms with van der Waals surface area (Å²) in [5.41, 5.74) is 5.32. The predicted octanol–water partition coefficient (Wildman–Crippen LogP) is 1.50. The van der Waals surface area contributed by atoms with E-state index in [0.717, 1.165) is 6.08 Å². The molecule has 0 aromatic heterocycles. The van der Waals surface area contributed by atoms with Gasteiger partial charge in [-0.15, -0.1) is 0 Å². The van der Waals surface area contributed by atoms with Crippen molar-refractivity contribution in [2.24, 2.45) is 5.73 Å². The first-order valence-corrected chi connectivity index (χ1v) is 7.19. The Kier molecular flexibility index (Phi) is 7.57. The third-order valence-corrected chi connectivity index (χ3v) is 2.84. The average molecular weight is 357 g/mol. The van der Waals surface area contributed by atoms with Crippen molar-refractivity contribution in [3.05, 3.63) is 28.8 Å². The van der Waals surface area contributed by atoms with E-state index < -0.39 is 24.5 Å². The summed E-state index contributed by atoms with van der Waals surface area (Å²) in [4.78, 5) is 33.1. The molecule has 0 heterocycles. The minimum absolute atomic E-state index is 0.324. The van der Waals surface area contributed by atoms with Gasteiger partial charge in [-0.25, -0.2) is 9.59 Å². The quantitative estimate of drug-likeness (QED) is 0.564. The van der Waals surface area contributed by atoms with Crippen LogP contribution in [-0.4, -0.2) is 38.2 Å². The summed E-state index contributed by atoms with van der Waals surface area (Å²) in [5.74, 6) is -0.781. The summed E-state index contributed by atoms with van der Waals surface area (Å²) in [6.45, 7) is 1.61. The van der Waals surface area contributed by atoms with Crippen LogP contribution < -0.4 is 20.5 Å². The SMILES string of the molecule is CCOc1c(Cl)cc(/C=C/C(=O)OCC(=O)NC(N)=O)cc1OC. The largest absolute Gasteiger partial charge is 0.493 e. The maximum Gasteiger partial charge on any atom is 0.331 e. The number of hydrogen-bond acceptors (Lipinski definition) is 6.